The summed E-state index contributed by atoms with van der Waals surface area (Å²) in [6.45, 7) is 9.97. The number of benzene rings is 1. The van der Waals surface area contributed by atoms with E-state index in [9.17, 15) is 14.4 Å². The average molecular weight is 510 g/mol. The third-order valence-corrected chi connectivity index (χ3v) is 5.70. The second-order valence-electron chi connectivity index (χ2n) is 10.2. The van der Waals surface area contributed by atoms with Gasteiger partial charge in [-0.05, 0) is 69.4 Å². The van der Waals surface area contributed by atoms with E-state index in [0.717, 1.165) is 12.0 Å². The van der Waals surface area contributed by atoms with Gasteiger partial charge in [-0.2, -0.15) is 4.98 Å². The number of nitrogens with zero attached hydrogens (tertiary/aromatic N) is 3. The van der Waals surface area contributed by atoms with Crippen LogP contribution in [0.15, 0.2) is 45.9 Å². The number of aryl methyl sites for hydroxylation is 1. The number of likely N-dealkylation sites (N-methyl/N-ethyl adjacent to an activating group) is 1. The highest BCUT2D eigenvalue weighted by atomic mass is 16.6. The first-order valence-corrected chi connectivity index (χ1v) is 12.2. The van der Waals surface area contributed by atoms with Crippen molar-refractivity contribution < 1.29 is 18.7 Å². The zero-order valence-electron chi connectivity index (χ0n) is 22.3. The first-order chi connectivity index (χ1) is 17.4. The third kappa shape index (κ3) is 8.03. The summed E-state index contributed by atoms with van der Waals surface area (Å²) in [7, 11) is 1.79. The van der Waals surface area contributed by atoms with Gasteiger partial charge in [0, 0.05) is 44.6 Å². The summed E-state index contributed by atoms with van der Waals surface area (Å²) in [5, 5.41) is 5.96. The van der Waals surface area contributed by atoms with E-state index in [1.165, 1.54) is 0 Å². The largest absolute Gasteiger partial charge is 0.444 e. The Bertz CT molecular complexity index is 1300. The first-order valence-electron chi connectivity index (χ1n) is 12.2. The fourth-order valence-electron chi connectivity index (χ4n) is 3.70. The summed E-state index contributed by atoms with van der Waals surface area (Å²) in [6, 6.07) is 7.25. The highest BCUT2D eigenvalue weighted by molar-refractivity contribution is 5.93. The number of anilines is 2. The molecule has 10 nitrogen and oxygen atoms in total. The van der Waals surface area contributed by atoms with Crippen molar-refractivity contribution in [3.05, 3.63) is 58.2 Å². The van der Waals surface area contributed by atoms with Gasteiger partial charge in [0.2, 0.25) is 5.91 Å². The Kier molecular flexibility index (Phi) is 8.86. The van der Waals surface area contributed by atoms with Crippen LogP contribution in [-0.4, -0.2) is 52.6 Å². The van der Waals surface area contributed by atoms with Gasteiger partial charge in [-0.1, -0.05) is 13.0 Å². The van der Waals surface area contributed by atoms with Crippen molar-refractivity contribution in [2.45, 2.75) is 53.1 Å². The SMILES string of the molecule is Cc1c(NC(=O)OC(C)(C)C)ccc2nc(NCC(C)CC(=O)N(C)CCc3cccnc3)oc(=O)c12. The Hall–Kier alpha value is -3.95. The molecule has 0 saturated carbocycles. The molecule has 198 valence electrons. The number of hydrogen-bond donors (Lipinski definition) is 2. The van der Waals surface area contributed by atoms with Gasteiger partial charge in [-0.15, -0.1) is 0 Å². The second kappa shape index (κ2) is 11.9. The van der Waals surface area contributed by atoms with Crippen LogP contribution in [0.25, 0.3) is 10.9 Å². The Morgan fingerprint density at radius 2 is 1.97 bits per heavy atom. The molecule has 0 spiro atoms. The molecule has 0 aliphatic rings. The number of fused-ring (bicyclic) bond motifs is 1. The Morgan fingerprint density at radius 3 is 2.65 bits per heavy atom. The average Bonchev–Trinajstić information content (AvgIpc) is 2.82. The number of carbonyl (C=O) groups excluding carboxylic acids is 2. The normalized spacial score (nSPS) is 12.2. The van der Waals surface area contributed by atoms with Crippen molar-refractivity contribution in [2.75, 3.05) is 30.8 Å². The van der Waals surface area contributed by atoms with Crippen LogP contribution >= 0.6 is 0 Å². The van der Waals surface area contributed by atoms with E-state index in [-0.39, 0.29) is 23.2 Å². The lowest BCUT2D eigenvalue weighted by molar-refractivity contribution is -0.130. The number of aromatic nitrogens is 2. The quantitative estimate of drug-likeness (QED) is 0.435. The molecule has 37 heavy (non-hydrogen) atoms. The van der Waals surface area contributed by atoms with Crippen molar-refractivity contribution in [1.82, 2.24) is 14.9 Å². The number of nitrogens with one attached hydrogen (secondary N) is 2. The number of hydrogen-bond acceptors (Lipinski definition) is 8. The fourth-order valence-corrected chi connectivity index (χ4v) is 3.70. The number of rotatable bonds is 9. The minimum absolute atomic E-state index is 0.0155. The summed E-state index contributed by atoms with van der Waals surface area (Å²) in [5.41, 5.74) is 1.27. The minimum Gasteiger partial charge on any atom is -0.444 e. The van der Waals surface area contributed by atoms with E-state index in [2.05, 4.69) is 20.6 Å². The molecular formula is C27H35N5O5. The molecule has 0 aliphatic carbocycles. The molecule has 2 N–H and O–H groups in total. The molecule has 0 saturated heterocycles. The van der Waals surface area contributed by atoms with Gasteiger partial charge in [-0.3, -0.25) is 15.1 Å². The van der Waals surface area contributed by atoms with Crippen molar-refractivity contribution in [3.8, 4) is 0 Å². The van der Waals surface area contributed by atoms with Gasteiger partial charge < -0.3 is 19.4 Å². The molecule has 0 radical (unpaired) electrons. The van der Waals surface area contributed by atoms with E-state index in [1.807, 2.05) is 19.1 Å². The molecule has 2 amide bonds. The highest BCUT2D eigenvalue weighted by Crippen LogP contribution is 2.24. The summed E-state index contributed by atoms with van der Waals surface area (Å²) in [4.78, 5) is 47.7. The van der Waals surface area contributed by atoms with Crippen molar-refractivity contribution in [1.29, 1.82) is 0 Å². The molecule has 2 heterocycles. The third-order valence-electron chi connectivity index (χ3n) is 5.70. The van der Waals surface area contributed by atoms with Gasteiger partial charge in [-0.25, -0.2) is 9.59 Å². The standard InChI is InChI=1S/C27H35N5O5/c1-17(14-22(33)32(6)13-11-19-8-7-12-28-16-19)15-29-25-30-21-10-9-20(18(2)23(21)24(34)36-25)31-26(35)37-27(3,4)5/h7-10,12,16-17H,11,13-15H2,1-6H3,(H,29,30)(H,31,35). The van der Waals surface area contributed by atoms with Gasteiger partial charge in [0.25, 0.3) is 6.01 Å². The molecule has 0 aliphatic heterocycles. The minimum atomic E-state index is -0.646. The zero-order valence-corrected chi connectivity index (χ0v) is 22.3. The molecule has 0 bridgehead atoms. The van der Waals surface area contributed by atoms with Crippen molar-refractivity contribution >= 4 is 34.6 Å². The van der Waals surface area contributed by atoms with Gasteiger partial charge in [0.1, 0.15) is 5.60 Å². The van der Waals surface area contributed by atoms with Crippen LogP contribution in [0.4, 0.5) is 16.5 Å². The monoisotopic (exact) mass is 509 g/mol. The highest BCUT2D eigenvalue weighted by Gasteiger charge is 2.19. The summed E-state index contributed by atoms with van der Waals surface area (Å²) < 4.78 is 10.7. The van der Waals surface area contributed by atoms with Crippen LogP contribution in [0.3, 0.4) is 0 Å². The van der Waals surface area contributed by atoms with Crippen LogP contribution in [0.2, 0.25) is 0 Å². The van der Waals surface area contributed by atoms with Gasteiger partial charge in [0.05, 0.1) is 10.9 Å². The van der Waals surface area contributed by atoms with Gasteiger partial charge in [0.15, 0.2) is 0 Å². The zero-order chi connectivity index (χ0) is 27.2. The topological polar surface area (TPSA) is 127 Å². The van der Waals surface area contributed by atoms with Crippen LogP contribution in [0.1, 0.15) is 45.2 Å². The van der Waals surface area contributed by atoms with E-state index in [4.69, 9.17) is 9.15 Å². The Labute approximate surface area is 216 Å². The van der Waals surface area contributed by atoms with Crippen molar-refractivity contribution in [3.63, 3.8) is 0 Å². The summed E-state index contributed by atoms with van der Waals surface area (Å²) in [5.74, 6) is 0.0186. The van der Waals surface area contributed by atoms with E-state index >= 15 is 0 Å². The number of ether oxygens (including phenoxy) is 1. The Balaban J connectivity index is 1.58. The lowest BCUT2D eigenvalue weighted by Crippen LogP contribution is -2.31. The van der Waals surface area contributed by atoms with E-state index in [1.54, 1.807) is 64.2 Å². The lowest BCUT2D eigenvalue weighted by atomic mass is 10.1. The molecule has 1 unspecified atom stereocenters. The molecule has 0 fully saturated rings. The summed E-state index contributed by atoms with van der Waals surface area (Å²) in [6.07, 6.45) is 3.99. The maximum Gasteiger partial charge on any atom is 0.412 e. The first kappa shape index (κ1) is 27.6. The second-order valence-corrected chi connectivity index (χ2v) is 10.2. The van der Waals surface area contributed by atoms with Crippen LogP contribution in [0, 0.1) is 12.8 Å². The molecule has 2 aromatic heterocycles. The van der Waals surface area contributed by atoms with E-state index < -0.39 is 17.3 Å². The predicted octanol–water partition coefficient (Wildman–Crippen LogP) is 4.38. The molecular weight excluding hydrogens is 474 g/mol. The molecule has 1 aromatic carbocycles. The molecule has 3 aromatic rings. The van der Waals surface area contributed by atoms with Gasteiger partial charge >= 0.3 is 11.7 Å². The maximum absolute atomic E-state index is 12.7. The van der Waals surface area contributed by atoms with Crippen LogP contribution < -0.4 is 16.3 Å². The molecule has 3 rings (SSSR count). The van der Waals surface area contributed by atoms with Crippen LogP contribution in [-0.2, 0) is 16.0 Å². The number of pyridine rings is 1. The molecule has 1 atom stereocenters. The Morgan fingerprint density at radius 1 is 1.22 bits per heavy atom. The maximum atomic E-state index is 12.7. The number of carbonyl (C=O) groups is 2. The van der Waals surface area contributed by atoms with Crippen molar-refractivity contribution in [2.24, 2.45) is 5.92 Å². The molecule has 10 heteroatoms. The lowest BCUT2D eigenvalue weighted by Gasteiger charge is -2.20. The van der Waals surface area contributed by atoms with Crippen LogP contribution in [0.5, 0.6) is 0 Å². The van der Waals surface area contributed by atoms with E-state index in [0.29, 0.717) is 36.3 Å². The number of amides is 2. The summed E-state index contributed by atoms with van der Waals surface area (Å²) >= 11 is 0. The smallest absolute Gasteiger partial charge is 0.412 e. The predicted molar refractivity (Wildman–Crippen MR) is 143 cm³/mol. The fraction of sp³-hybridized carbons (Fsp3) is 0.444.